The predicted octanol–water partition coefficient (Wildman–Crippen LogP) is 3.69. The summed E-state index contributed by atoms with van der Waals surface area (Å²) < 4.78 is 11.6. The number of benzene rings is 2. The minimum Gasteiger partial charge on any atom is -0.508 e. The van der Waals surface area contributed by atoms with Crippen molar-refractivity contribution in [3.63, 3.8) is 0 Å². The van der Waals surface area contributed by atoms with Crippen LogP contribution in [0.5, 0.6) is 28.7 Å². The molecule has 0 unspecified atom stereocenters. The maximum absolute atomic E-state index is 12.4. The van der Waals surface area contributed by atoms with Gasteiger partial charge in [-0.1, -0.05) is 6.08 Å². The molecule has 2 aromatic rings. The first-order valence-corrected chi connectivity index (χ1v) is 8.24. The quantitative estimate of drug-likeness (QED) is 0.723. The van der Waals surface area contributed by atoms with Crippen LogP contribution in [0.2, 0.25) is 0 Å². The minimum absolute atomic E-state index is 0.0340. The number of hydrogen-bond donors (Lipinski definition) is 3. The molecule has 0 amide bonds. The van der Waals surface area contributed by atoms with Crippen LogP contribution in [0.15, 0.2) is 30.3 Å². The van der Waals surface area contributed by atoms with Gasteiger partial charge in [-0.15, -0.1) is 0 Å². The molecule has 0 radical (unpaired) electrons. The molecule has 0 saturated carbocycles. The first-order chi connectivity index (χ1) is 12.2. The van der Waals surface area contributed by atoms with E-state index in [2.05, 4.69) is 0 Å². The second kappa shape index (κ2) is 5.42. The first-order valence-electron chi connectivity index (χ1n) is 8.24. The van der Waals surface area contributed by atoms with Gasteiger partial charge in [0, 0.05) is 29.3 Å². The monoisotopic (exact) mass is 354 g/mol. The summed E-state index contributed by atoms with van der Waals surface area (Å²) in [5.74, 6) is -0.246. The molecule has 6 nitrogen and oxygen atoms in total. The van der Waals surface area contributed by atoms with Crippen LogP contribution in [-0.4, -0.2) is 26.7 Å². The van der Waals surface area contributed by atoms with E-state index in [1.165, 1.54) is 12.1 Å². The molecule has 2 aliphatic heterocycles. The molecule has 4 rings (SSSR count). The fraction of sp³-hybridized carbons (Fsp3) is 0.250. The number of ether oxygens (including phenoxy) is 2. The lowest BCUT2D eigenvalue weighted by molar-refractivity contribution is 0.0842. The Balaban J connectivity index is 1.74. The number of hydrogen-bond acceptors (Lipinski definition) is 6. The molecular weight excluding hydrogens is 336 g/mol. The van der Waals surface area contributed by atoms with E-state index in [4.69, 9.17) is 9.47 Å². The van der Waals surface area contributed by atoms with Crippen molar-refractivity contribution in [1.29, 1.82) is 0 Å². The average molecular weight is 354 g/mol. The highest BCUT2D eigenvalue weighted by Gasteiger charge is 2.33. The van der Waals surface area contributed by atoms with Crippen LogP contribution in [0, 0.1) is 0 Å². The Kier molecular flexibility index (Phi) is 3.41. The summed E-state index contributed by atoms with van der Waals surface area (Å²) >= 11 is 0. The average Bonchev–Trinajstić information content (AvgIpc) is 2.52. The number of carbonyl (C=O) groups excluding carboxylic acids is 1. The van der Waals surface area contributed by atoms with Crippen molar-refractivity contribution in [1.82, 2.24) is 0 Å². The third-order valence-corrected chi connectivity index (χ3v) is 4.53. The van der Waals surface area contributed by atoms with Crippen molar-refractivity contribution < 1.29 is 29.6 Å². The van der Waals surface area contributed by atoms with E-state index >= 15 is 0 Å². The van der Waals surface area contributed by atoms with Crippen molar-refractivity contribution >= 4 is 11.9 Å². The van der Waals surface area contributed by atoms with Crippen LogP contribution < -0.4 is 9.47 Å². The fourth-order valence-electron chi connectivity index (χ4n) is 3.29. The Morgan fingerprint density at radius 2 is 1.81 bits per heavy atom. The third kappa shape index (κ3) is 2.63. The Hall–Kier alpha value is -3.15. The van der Waals surface area contributed by atoms with Crippen molar-refractivity contribution in [3.05, 3.63) is 47.0 Å². The lowest BCUT2D eigenvalue weighted by atomic mass is 9.92. The zero-order valence-corrected chi connectivity index (χ0v) is 14.3. The van der Waals surface area contributed by atoms with E-state index in [1.807, 2.05) is 26.0 Å². The highest BCUT2D eigenvalue weighted by atomic mass is 16.5. The third-order valence-electron chi connectivity index (χ3n) is 4.53. The van der Waals surface area contributed by atoms with Gasteiger partial charge in [0.15, 0.2) is 5.78 Å². The lowest BCUT2D eigenvalue weighted by Gasteiger charge is -2.30. The summed E-state index contributed by atoms with van der Waals surface area (Å²) in [5.41, 5.74) is 0.796. The van der Waals surface area contributed by atoms with Crippen molar-refractivity contribution in [2.45, 2.75) is 32.0 Å². The normalized spacial score (nSPS) is 19.9. The standard InChI is InChI=1S/C20H18O6/c1-20(2)4-3-10-5-12(13(22)8-16(10)26-20)17-9-15(24)19-14(23)6-11(21)7-18(19)25-17/h3-8,17,21-23H,9H2,1-2H3/t17-/m0/s1. The number of phenols is 3. The molecule has 134 valence electrons. The summed E-state index contributed by atoms with van der Waals surface area (Å²) in [7, 11) is 0. The van der Waals surface area contributed by atoms with Gasteiger partial charge in [0.2, 0.25) is 0 Å². The van der Waals surface area contributed by atoms with Crippen LogP contribution in [0.4, 0.5) is 0 Å². The highest BCUT2D eigenvalue weighted by molar-refractivity contribution is 6.02. The van der Waals surface area contributed by atoms with E-state index < -0.39 is 11.7 Å². The number of carbonyl (C=O) groups is 1. The van der Waals surface area contributed by atoms with Crippen molar-refractivity contribution in [3.8, 4) is 28.7 Å². The number of Topliss-reactive ketones (excluding diaryl/α,β-unsaturated/α-hetero) is 1. The van der Waals surface area contributed by atoms with E-state index in [1.54, 1.807) is 6.07 Å². The zero-order valence-electron chi connectivity index (χ0n) is 14.3. The van der Waals surface area contributed by atoms with Crippen LogP contribution in [0.25, 0.3) is 6.08 Å². The van der Waals surface area contributed by atoms with Gasteiger partial charge < -0.3 is 24.8 Å². The van der Waals surface area contributed by atoms with Crippen molar-refractivity contribution in [2.24, 2.45) is 0 Å². The molecule has 2 heterocycles. The summed E-state index contributed by atoms with van der Waals surface area (Å²) in [6, 6.07) is 5.61. The molecule has 26 heavy (non-hydrogen) atoms. The van der Waals surface area contributed by atoms with Gasteiger partial charge >= 0.3 is 0 Å². The Morgan fingerprint density at radius 1 is 1.04 bits per heavy atom. The van der Waals surface area contributed by atoms with Crippen LogP contribution in [-0.2, 0) is 0 Å². The molecule has 2 aromatic carbocycles. The number of ketones is 1. The zero-order chi connectivity index (χ0) is 18.6. The van der Waals surface area contributed by atoms with Crippen LogP contribution >= 0.6 is 0 Å². The molecular formula is C20H18O6. The van der Waals surface area contributed by atoms with Gasteiger partial charge in [-0.25, -0.2) is 0 Å². The number of rotatable bonds is 1. The smallest absolute Gasteiger partial charge is 0.174 e. The molecule has 0 bridgehead atoms. The topological polar surface area (TPSA) is 96.2 Å². The van der Waals surface area contributed by atoms with Gasteiger partial charge in [-0.05, 0) is 26.0 Å². The predicted molar refractivity (Wildman–Crippen MR) is 93.9 cm³/mol. The summed E-state index contributed by atoms with van der Waals surface area (Å²) in [5, 5.41) is 30.0. The maximum Gasteiger partial charge on any atom is 0.174 e. The molecule has 0 aromatic heterocycles. The number of aromatic hydroxyl groups is 3. The largest absolute Gasteiger partial charge is 0.508 e. The van der Waals surface area contributed by atoms with Crippen molar-refractivity contribution in [2.75, 3.05) is 0 Å². The van der Waals surface area contributed by atoms with Gasteiger partial charge in [-0.2, -0.15) is 0 Å². The number of fused-ring (bicyclic) bond motifs is 2. The van der Waals surface area contributed by atoms with Gasteiger partial charge in [0.25, 0.3) is 0 Å². The van der Waals surface area contributed by atoms with Gasteiger partial charge in [0.1, 0.15) is 46.0 Å². The second-order valence-corrected chi connectivity index (χ2v) is 7.06. The summed E-state index contributed by atoms with van der Waals surface area (Å²) in [4.78, 5) is 12.4. The molecule has 6 heteroatoms. The Labute approximate surface area is 149 Å². The SMILES string of the molecule is CC1(C)C=Cc2cc([C@@H]3CC(=O)c4c(O)cc(O)cc4O3)c(O)cc2O1. The lowest BCUT2D eigenvalue weighted by Crippen LogP contribution is -2.27. The number of phenolic OH excluding ortho intramolecular Hbond substituents is 3. The fourth-order valence-corrected chi connectivity index (χ4v) is 3.29. The Morgan fingerprint density at radius 3 is 2.58 bits per heavy atom. The van der Waals surface area contributed by atoms with Crippen LogP contribution in [0.3, 0.4) is 0 Å². The molecule has 0 fully saturated rings. The van der Waals surface area contributed by atoms with E-state index in [0.29, 0.717) is 11.3 Å². The maximum atomic E-state index is 12.4. The molecule has 3 N–H and O–H groups in total. The van der Waals surface area contributed by atoms with Gasteiger partial charge in [-0.3, -0.25) is 4.79 Å². The molecule has 0 aliphatic carbocycles. The summed E-state index contributed by atoms with van der Waals surface area (Å²) in [6.07, 6.45) is 3.05. The molecule has 2 aliphatic rings. The first kappa shape index (κ1) is 16.3. The second-order valence-electron chi connectivity index (χ2n) is 7.06. The van der Waals surface area contributed by atoms with Gasteiger partial charge in [0.05, 0.1) is 6.42 Å². The molecule has 1 atom stereocenters. The Bertz CT molecular complexity index is 957. The van der Waals surface area contributed by atoms with Crippen LogP contribution in [0.1, 0.15) is 47.9 Å². The molecule has 0 saturated heterocycles. The minimum atomic E-state index is -0.732. The highest BCUT2D eigenvalue weighted by Crippen LogP contribution is 2.45. The van der Waals surface area contributed by atoms with E-state index in [9.17, 15) is 20.1 Å². The molecule has 0 spiro atoms. The summed E-state index contributed by atoms with van der Waals surface area (Å²) in [6.45, 7) is 3.83. The van der Waals surface area contributed by atoms with E-state index in [-0.39, 0.29) is 40.8 Å². The van der Waals surface area contributed by atoms with E-state index in [0.717, 1.165) is 11.6 Å².